The molecule has 1 atom stereocenters. The Kier molecular flexibility index (Phi) is 4.35. The summed E-state index contributed by atoms with van der Waals surface area (Å²) in [6.45, 7) is 0. The Morgan fingerprint density at radius 2 is 1.67 bits per heavy atom. The molecule has 110 valence electrons. The van der Waals surface area contributed by atoms with Gasteiger partial charge in [0.15, 0.2) is 0 Å². The number of aryl methyl sites for hydroxylation is 3. The van der Waals surface area contributed by atoms with Crippen molar-refractivity contribution in [1.29, 1.82) is 0 Å². The second-order valence-electron chi connectivity index (χ2n) is 6.01. The maximum Gasteiger partial charge on any atom is 0.123 e. The van der Waals surface area contributed by atoms with Crippen LogP contribution >= 0.6 is 0 Å². The number of halogens is 1. The Balaban J connectivity index is 1.65. The van der Waals surface area contributed by atoms with Crippen molar-refractivity contribution >= 4 is 0 Å². The topological polar surface area (TPSA) is 26.0 Å². The molecule has 1 nitrogen and oxygen atoms in total. The molecule has 0 saturated carbocycles. The fraction of sp³-hybridized carbons (Fsp3) is 0.368. The molecule has 0 amide bonds. The summed E-state index contributed by atoms with van der Waals surface area (Å²) >= 11 is 0. The number of rotatable bonds is 4. The second kappa shape index (κ2) is 6.40. The van der Waals surface area contributed by atoms with Crippen molar-refractivity contribution < 1.29 is 4.39 Å². The van der Waals surface area contributed by atoms with Crippen LogP contribution in [0.15, 0.2) is 42.5 Å². The molecule has 0 fully saturated rings. The molecule has 0 saturated heterocycles. The number of hydrogen-bond acceptors (Lipinski definition) is 1. The molecule has 2 heteroatoms. The third kappa shape index (κ3) is 3.51. The predicted octanol–water partition coefficient (Wildman–Crippen LogP) is 4.34. The number of hydrogen-bond donors (Lipinski definition) is 1. The number of benzene rings is 2. The van der Waals surface area contributed by atoms with Gasteiger partial charge in [0.25, 0.3) is 0 Å². The van der Waals surface area contributed by atoms with E-state index in [0.29, 0.717) is 0 Å². The van der Waals surface area contributed by atoms with E-state index in [1.54, 1.807) is 0 Å². The zero-order valence-electron chi connectivity index (χ0n) is 12.3. The van der Waals surface area contributed by atoms with Gasteiger partial charge in [0.1, 0.15) is 5.82 Å². The molecular formula is C19H22FN. The standard InChI is InChI=1S/C19H22FN/c20-18-10-5-14(6-11-18)7-12-19(21)17-9-8-15-3-1-2-4-16(15)13-17/h5-6,8-11,13,19H,1-4,7,12,21H2. The van der Waals surface area contributed by atoms with E-state index in [2.05, 4.69) is 18.2 Å². The van der Waals surface area contributed by atoms with Crippen LogP contribution in [0, 0.1) is 5.82 Å². The van der Waals surface area contributed by atoms with Crippen LogP contribution in [0.3, 0.4) is 0 Å². The molecule has 2 aromatic rings. The molecule has 2 N–H and O–H groups in total. The Bertz CT molecular complexity index is 603. The minimum atomic E-state index is -0.183. The van der Waals surface area contributed by atoms with E-state index in [1.165, 1.54) is 54.5 Å². The van der Waals surface area contributed by atoms with Crippen molar-refractivity contribution in [1.82, 2.24) is 0 Å². The van der Waals surface area contributed by atoms with Gasteiger partial charge in [-0.3, -0.25) is 0 Å². The van der Waals surface area contributed by atoms with Crippen LogP contribution in [-0.2, 0) is 19.3 Å². The molecule has 0 bridgehead atoms. The number of nitrogens with two attached hydrogens (primary N) is 1. The Hall–Kier alpha value is -1.67. The zero-order valence-corrected chi connectivity index (χ0v) is 12.3. The highest BCUT2D eigenvalue weighted by atomic mass is 19.1. The quantitative estimate of drug-likeness (QED) is 0.887. The van der Waals surface area contributed by atoms with E-state index in [0.717, 1.165) is 18.4 Å². The second-order valence-corrected chi connectivity index (χ2v) is 6.01. The molecule has 0 spiro atoms. The highest BCUT2D eigenvalue weighted by Crippen LogP contribution is 2.25. The predicted molar refractivity (Wildman–Crippen MR) is 84.7 cm³/mol. The minimum Gasteiger partial charge on any atom is -0.324 e. The third-order valence-corrected chi connectivity index (χ3v) is 4.46. The average molecular weight is 283 g/mol. The molecule has 0 aliphatic heterocycles. The Morgan fingerprint density at radius 1 is 0.952 bits per heavy atom. The first-order valence-corrected chi connectivity index (χ1v) is 7.84. The van der Waals surface area contributed by atoms with E-state index in [-0.39, 0.29) is 11.9 Å². The lowest BCUT2D eigenvalue weighted by atomic mass is 9.88. The van der Waals surface area contributed by atoms with E-state index in [4.69, 9.17) is 5.73 Å². The van der Waals surface area contributed by atoms with Crippen molar-refractivity contribution in [2.45, 2.75) is 44.6 Å². The molecule has 1 aliphatic carbocycles. The van der Waals surface area contributed by atoms with E-state index in [1.807, 2.05) is 12.1 Å². The molecule has 1 aliphatic rings. The summed E-state index contributed by atoms with van der Waals surface area (Å²) in [5.74, 6) is -0.183. The summed E-state index contributed by atoms with van der Waals surface area (Å²) in [5, 5.41) is 0. The first-order chi connectivity index (χ1) is 10.2. The highest BCUT2D eigenvalue weighted by Gasteiger charge is 2.12. The largest absolute Gasteiger partial charge is 0.324 e. The van der Waals surface area contributed by atoms with Gasteiger partial charge in [-0.1, -0.05) is 30.3 Å². The van der Waals surface area contributed by atoms with Crippen LogP contribution in [0.2, 0.25) is 0 Å². The lowest BCUT2D eigenvalue weighted by Crippen LogP contribution is -2.13. The molecule has 0 heterocycles. The summed E-state index contributed by atoms with van der Waals surface area (Å²) in [5.41, 5.74) is 11.7. The maximum absolute atomic E-state index is 12.9. The Labute approximate surface area is 126 Å². The normalized spacial score (nSPS) is 15.5. The molecule has 21 heavy (non-hydrogen) atoms. The van der Waals surface area contributed by atoms with E-state index < -0.39 is 0 Å². The van der Waals surface area contributed by atoms with E-state index >= 15 is 0 Å². The fourth-order valence-electron chi connectivity index (χ4n) is 3.12. The van der Waals surface area contributed by atoms with Gasteiger partial charge in [-0.2, -0.15) is 0 Å². The first-order valence-electron chi connectivity index (χ1n) is 7.84. The molecule has 3 rings (SSSR count). The summed E-state index contributed by atoms with van der Waals surface area (Å²) in [6.07, 6.45) is 6.78. The minimum absolute atomic E-state index is 0.0577. The van der Waals surface area contributed by atoms with Crippen molar-refractivity contribution in [2.24, 2.45) is 5.73 Å². The lowest BCUT2D eigenvalue weighted by Gasteiger charge is -2.19. The van der Waals surface area contributed by atoms with Crippen LogP contribution in [0.25, 0.3) is 0 Å². The van der Waals surface area contributed by atoms with Gasteiger partial charge in [-0.25, -0.2) is 4.39 Å². The SMILES string of the molecule is NC(CCc1ccc(F)cc1)c1ccc2c(c1)CCCC2. The average Bonchev–Trinajstić information content (AvgIpc) is 2.53. The first kappa shape index (κ1) is 14.3. The molecule has 2 aromatic carbocycles. The molecule has 0 radical (unpaired) electrons. The van der Waals surface area contributed by atoms with Crippen molar-refractivity contribution in [3.8, 4) is 0 Å². The van der Waals surface area contributed by atoms with Crippen molar-refractivity contribution in [3.05, 3.63) is 70.5 Å². The molecule has 0 aromatic heterocycles. The highest BCUT2D eigenvalue weighted by molar-refractivity contribution is 5.35. The van der Waals surface area contributed by atoms with Crippen molar-refractivity contribution in [2.75, 3.05) is 0 Å². The van der Waals surface area contributed by atoms with Gasteiger partial charge < -0.3 is 5.73 Å². The van der Waals surface area contributed by atoms with Crippen LogP contribution in [0.1, 0.15) is 47.6 Å². The maximum atomic E-state index is 12.9. The molecule has 1 unspecified atom stereocenters. The van der Waals surface area contributed by atoms with E-state index in [9.17, 15) is 4.39 Å². The monoisotopic (exact) mass is 283 g/mol. The van der Waals surface area contributed by atoms with Crippen LogP contribution in [0.4, 0.5) is 4.39 Å². The summed E-state index contributed by atoms with van der Waals surface area (Å²) < 4.78 is 12.9. The van der Waals surface area contributed by atoms with Gasteiger partial charge in [0, 0.05) is 6.04 Å². The summed E-state index contributed by atoms with van der Waals surface area (Å²) in [4.78, 5) is 0. The fourth-order valence-corrected chi connectivity index (χ4v) is 3.12. The van der Waals surface area contributed by atoms with Crippen molar-refractivity contribution in [3.63, 3.8) is 0 Å². The van der Waals surface area contributed by atoms with Crippen LogP contribution in [-0.4, -0.2) is 0 Å². The Morgan fingerprint density at radius 3 is 2.43 bits per heavy atom. The van der Waals surface area contributed by atoms with Gasteiger partial charge >= 0.3 is 0 Å². The molecular weight excluding hydrogens is 261 g/mol. The zero-order chi connectivity index (χ0) is 14.7. The lowest BCUT2D eigenvalue weighted by molar-refractivity contribution is 0.623. The van der Waals surface area contributed by atoms with Gasteiger partial charge in [-0.05, 0) is 72.9 Å². The van der Waals surface area contributed by atoms with Crippen LogP contribution in [0.5, 0.6) is 0 Å². The van der Waals surface area contributed by atoms with Crippen LogP contribution < -0.4 is 5.73 Å². The third-order valence-electron chi connectivity index (χ3n) is 4.46. The number of fused-ring (bicyclic) bond motifs is 1. The van der Waals surface area contributed by atoms with Gasteiger partial charge in [-0.15, -0.1) is 0 Å². The smallest absolute Gasteiger partial charge is 0.123 e. The van der Waals surface area contributed by atoms with Gasteiger partial charge in [0.2, 0.25) is 0 Å². The summed E-state index contributed by atoms with van der Waals surface area (Å²) in [7, 11) is 0. The summed E-state index contributed by atoms with van der Waals surface area (Å²) in [6, 6.07) is 13.5. The van der Waals surface area contributed by atoms with Gasteiger partial charge in [0.05, 0.1) is 0 Å².